The van der Waals surface area contributed by atoms with Crippen molar-refractivity contribution in [2.24, 2.45) is 5.41 Å². The molecule has 2 heterocycles. The van der Waals surface area contributed by atoms with Gasteiger partial charge in [0.25, 0.3) is 5.91 Å². The van der Waals surface area contributed by atoms with E-state index in [9.17, 15) is 0 Å². The van der Waals surface area contributed by atoms with Gasteiger partial charge in [-0.25, -0.2) is 9.96 Å². The lowest BCUT2D eigenvalue weighted by molar-refractivity contribution is -0.153. The molecule has 5 aromatic carbocycles. The monoisotopic (exact) mass is 658 g/mol. The van der Waals surface area contributed by atoms with Crippen molar-refractivity contribution < 1.29 is 14.4 Å². The Morgan fingerprint density at radius 2 is 1.16 bits per heavy atom. The molecule has 3 unspecified atom stereocenters. The molecule has 2 bridgehead atoms. The van der Waals surface area contributed by atoms with Crippen LogP contribution in [0.15, 0.2) is 132 Å². The van der Waals surface area contributed by atoms with E-state index in [1.54, 1.807) is 0 Å². The van der Waals surface area contributed by atoms with Crippen LogP contribution in [0.25, 0.3) is 0 Å². The second-order valence-corrected chi connectivity index (χ2v) is 13.2. The summed E-state index contributed by atoms with van der Waals surface area (Å²) in [6.07, 6.45) is 0. The standard InChI is InChI=1S/C37H24BrClN2O3/c38-23-16-20-25(21-17-23)40-34(42)36-31-27-10-4-6-12-29(27)32(30-13-7-5-11-28(30)31)37(36,35(40)43)44-41(26-8-2-1-3-9-26)33(36)22-14-18-24(39)19-15-22/h1-21,31-33H. The minimum absolute atomic E-state index is 0.262. The molecule has 0 saturated carbocycles. The first-order valence-electron chi connectivity index (χ1n) is 14.6. The van der Waals surface area contributed by atoms with Crippen molar-refractivity contribution in [3.05, 3.63) is 165 Å². The Morgan fingerprint density at radius 1 is 0.614 bits per heavy atom. The first-order chi connectivity index (χ1) is 21.5. The topological polar surface area (TPSA) is 49.9 Å². The Morgan fingerprint density at radius 3 is 1.75 bits per heavy atom. The average Bonchev–Trinajstić information content (AvgIpc) is 3.50. The van der Waals surface area contributed by atoms with Crippen molar-refractivity contribution in [3.63, 3.8) is 0 Å². The van der Waals surface area contributed by atoms with Gasteiger partial charge in [0.1, 0.15) is 11.5 Å². The molecule has 0 aromatic heterocycles. The number of para-hydroxylation sites is 1. The lowest BCUT2D eigenvalue weighted by Gasteiger charge is -2.55. The van der Waals surface area contributed by atoms with Crippen molar-refractivity contribution in [2.75, 3.05) is 9.96 Å². The van der Waals surface area contributed by atoms with Gasteiger partial charge in [-0.05, 0) is 76.3 Å². The normalized spacial score (nSPS) is 27.6. The number of carbonyl (C=O) groups is 2. The maximum Gasteiger partial charge on any atom is 0.271 e. The van der Waals surface area contributed by atoms with Gasteiger partial charge < -0.3 is 0 Å². The Kier molecular flexibility index (Phi) is 5.44. The van der Waals surface area contributed by atoms with Gasteiger partial charge in [0.2, 0.25) is 11.5 Å². The van der Waals surface area contributed by atoms with Crippen LogP contribution in [0.5, 0.6) is 0 Å². The number of hydrogen-bond donors (Lipinski definition) is 0. The largest absolute Gasteiger partial charge is 0.273 e. The molecule has 0 N–H and O–H groups in total. The second-order valence-electron chi connectivity index (χ2n) is 11.9. The first-order valence-corrected chi connectivity index (χ1v) is 15.8. The number of hydroxylamine groups is 1. The van der Waals surface area contributed by atoms with Crippen LogP contribution in [-0.4, -0.2) is 17.4 Å². The van der Waals surface area contributed by atoms with Gasteiger partial charge in [-0.3, -0.25) is 14.4 Å². The predicted octanol–water partition coefficient (Wildman–Crippen LogP) is 8.19. The summed E-state index contributed by atoms with van der Waals surface area (Å²) >= 11 is 9.91. The van der Waals surface area contributed by atoms with Crippen LogP contribution in [0.1, 0.15) is 45.7 Å². The van der Waals surface area contributed by atoms with Crippen molar-refractivity contribution in [2.45, 2.75) is 23.5 Å². The smallest absolute Gasteiger partial charge is 0.271 e. The maximum absolute atomic E-state index is 15.6. The summed E-state index contributed by atoms with van der Waals surface area (Å²) in [6, 6.07) is 40.5. The maximum atomic E-state index is 15.6. The van der Waals surface area contributed by atoms with Crippen molar-refractivity contribution >= 4 is 50.7 Å². The molecule has 5 aliphatic rings. The molecule has 2 fully saturated rings. The van der Waals surface area contributed by atoms with E-state index in [2.05, 4.69) is 40.2 Å². The van der Waals surface area contributed by atoms with Gasteiger partial charge in [0.05, 0.1) is 17.3 Å². The molecular formula is C37H24BrClN2O3. The zero-order valence-corrected chi connectivity index (χ0v) is 25.6. The van der Waals surface area contributed by atoms with Gasteiger partial charge in [0, 0.05) is 15.4 Å². The molecular weight excluding hydrogens is 636 g/mol. The number of nitrogens with zero attached hydrogens (tertiary/aromatic N) is 2. The van der Waals surface area contributed by atoms with Crippen molar-refractivity contribution in [1.82, 2.24) is 0 Å². The molecule has 3 aliphatic carbocycles. The summed E-state index contributed by atoms with van der Waals surface area (Å²) in [6.45, 7) is 0. The highest BCUT2D eigenvalue weighted by molar-refractivity contribution is 9.10. The molecule has 7 heteroatoms. The molecule has 0 spiro atoms. The first kappa shape index (κ1) is 26.2. The van der Waals surface area contributed by atoms with Crippen LogP contribution in [0, 0.1) is 5.41 Å². The molecule has 5 nitrogen and oxygen atoms in total. The predicted molar refractivity (Wildman–Crippen MR) is 173 cm³/mol. The molecule has 214 valence electrons. The summed E-state index contributed by atoms with van der Waals surface area (Å²) in [5, 5.41) is 2.42. The summed E-state index contributed by atoms with van der Waals surface area (Å²) in [7, 11) is 0. The highest BCUT2D eigenvalue weighted by atomic mass is 79.9. The lowest BCUT2D eigenvalue weighted by Crippen LogP contribution is -2.63. The van der Waals surface area contributed by atoms with Crippen LogP contribution in [0.4, 0.5) is 11.4 Å². The van der Waals surface area contributed by atoms with Crippen LogP contribution in [0.2, 0.25) is 5.02 Å². The lowest BCUT2D eigenvalue weighted by atomic mass is 9.43. The highest BCUT2D eigenvalue weighted by Gasteiger charge is 2.87. The number of amides is 2. The summed E-state index contributed by atoms with van der Waals surface area (Å²) in [4.78, 5) is 39.6. The molecule has 2 aliphatic heterocycles. The summed E-state index contributed by atoms with van der Waals surface area (Å²) in [5.41, 5.74) is 3.42. The molecule has 2 amide bonds. The number of anilines is 2. The summed E-state index contributed by atoms with van der Waals surface area (Å²) in [5.74, 6) is -1.57. The van der Waals surface area contributed by atoms with E-state index in [4.69, 9.17) is 16.4 Å². The molecule has 2 saturated heterocycles. The number of benzene rings is 5. The van der Waals surface area contributed by atoms with Crippen LogP contribution in [0.3, 0.4) is 0 Å². The molecule has 5 aromatic rings. The number of rotatable bonds is 3. The Labute approximate surface area is 267 Å². The van der Waals surface area contributed by atoms with E-state index >= 15 is 9.59 Å². The quantitative estimate of drug-likeness (QED) is 0.183. The number of hydrogen-bond acceptors (Lipinski definition) is 4. The number of carbonyl (C=O) groups excluding carboxylic acids is 2. The molecule has 10 rings (SSSR count). The highest BCUT2D eigenvalue weighted by Crippen LogP contribution is 2.77. The Bertz CT molecular complexity index is 1950. The minimum atomic E-state index is -1.55. The van der Waals surface area contributed by atoms with Gasteiger partial charge in [-0.15, -0.1) is 0 Å². The Balaban J connectivity index is 1.43. The third-order valence-corrected chi connectivity index (χ3v) is 10.8. The fraction of sp³-hybridized carbons (Fsp3) is 0.135. The summed E-state index contributed by atoms with van der Waals surface area (Å²) < 4.78 is 0.861. The van der Waals surface area contributed by atoms with Gasteiger partial charge in [0.15, 0.2) is 0 Å². The van der Waals surface area contributed by atoms with E-state index in [1.807, 2.05) is 108 Å². The van der Waals surface area contributed by atoms with Gasteiger partial charge >= 0.3 is 0 Å². The van der Waals surface area contributed by atoms with Crippen LogP contribution >= 0.6 is 27.5 Å². The van der Waals surface area contributed by atoms with Gasteiger partial charge in [-0.1, -0.05) is 106 Å². The zero-order chi connectivity index (χ0) is 29.8. The minimum Gasteiger partial charge on any atom is -0.273 e. The fourth-order valence-electron chi connectivity index (χ4n) is 8.50. The zero-order valence-electron chi connectivity index (χ0n) is 23.2. The molecule has 3 atom stereocenters. The van der Waals surface area contributed by atoms with E-state index in [0.717, 1.165) is 38.0 Å². The van der Waals surface area contributed by atoms with E-state index in [1.165, 1.54) is 4.90 Å². The third-order valence-electron chi connectivity index (χ3n) is 9.98. The van der Waals surface area contributed by atoms with Gasteiger partial charge in [-0.2, -0.15) is 0 Å². The third kappa shape index (κ3) is 3.03. The SMILES string of the molecule is O=C1N(c2ccc(Br)cc2)C(=O)C23C4c5ccccc5C(c5ccccc54)C12ON(c1ccccc1)C3c1ccc(Cl)cc1. The average molecular weight is 660 g/mol. The second kappa shape index (κ2) is 9.14. The van der Waals surface area contributed by atoms with Crippen LogP contribution in [-0.2, 0) is 14.4 Å². The molecule has 0 radical (unpaired) electrons. The van der Waals surface area contributed by atoms with E-state index in [-0.39, 0.29) is 11.8 Å². The van der Waals surface area contributed by atoms with Crippen LogP contribution < -0.4 is 9.96 Å². The number of imide groups is 1. The molecule has 44 heavy (non-hydrogen) atoms. The number of halogens is 2. The van der Waals surface area contributed by atoms with E-state index < -0.39 is 28.9 Å². The van der Waals surface area contributed by atoms with E-state index in [0.29, 0.717) is 10.7 Å². The Hall–Kier alpha value is -4.23. The van der Waals surface area contributed by atoms with Crippen molar-refractivity contribution in [1.29, 1.82) is 0 Å². The van der Waals surface area contributed by atoms with Crippen molar-refractivity contribution in [3.8, 4) is 0 Å². The fourth-order valence-corrected chi connectivity index (χ4v) is 8.89.